The van der Waals surface area contributed by atoms with Gasteiger partial charge in [-0.1, -0.05) is 6.08 Å². The lowest BCUT2D eigenvalue weighted by atomic mass is 9.94. The Morgan fingerprint density at radius 3 is 3.00 bits per heavy atom. The van der Waals surface area contributed by atoms with Crippen LogP contribution in [0.2, 0.25) is 0 Å². The van der Waals surface area contributed by atoms with Crippen LogP contribution in [0.1, 0.15) is 19.8 Å². The lowest BCUT2D eigenvalue weighted by molar-refractivity contribution is -0.151. The standard InChI is InChI=1S/C9H14O3/c1-3-4-7-5-9(2,6-10)12-8(7)11/h3,7,10H,1,4-6H2,2H3. The summed E-state index contributed by atoms with van der Waals surface area (Å²) in [5, 5.41) is 8.93. The summed E-state index contributed by atoms with van der Waals surface area (Å²) in [5.41, 5.74) is -0.662. The molecule has 1 fully saturated rings. The van der Waals surface area contributed by atoms with Crippen LogP contribution in [0.5, 0.6) is 0 Å². The monoisotopic (exact) mass is 170 g/mol. The molecule has 68 valence electrons. The maximum Gasteiger partial charge on any atom is 0.310 e. The average Bonchev–Trinajstić information content (AvgIpc) is 2.30. The van der Waals surface area contributed by atoms with E-state index in [2.05, 4.69) is 6.58 Å². The Morgan fingerprint density at radius 1 is 1.92 bits per heavy atom. The minimum Gasteiger partial charge on any atom is -0.457 e. The molecule has 0 radical (unpaired) electrons. The molecule has 0 saturated carbocycles. The highest BCUT2D eigenvalue weighted by atomic mass is 16.6. The highest BCUT2D eigenvalue weighted by Crippen LogP contribution is 2.32. The Hall–Kier alpha value is -0.830. The van der Waals surface area contributed by atoms with Crippen LogP contribution in [0.15, 0.2) is 12.7 Å². The molecule has 0 aromatic carbocycles. The molecule has 1 aliphatic heterocycles. The second-order valence-electron chi connectivity index (χ2n) is 3.45. The number of hydrogen-bond acceptors (Lipinski definition) is 3. The van der Waals surface area contributed by atoms with Crippen molar-refractivity contribution in [3.8, 4) is 0 Å². The number of hydrogen-bond donors (Lipinski definition) is 1. The van der Waals surface area contributed by atoms with E-state index in [0.29, 0.717) is 12.8 Å². The van der Waals surface area contributed by atoms with Gasteiger partial charge in [0.25, 0.3) is 0 Å². The fourth-order valence-corrected chi connectivity index (χ4v) is 1.45. The predicted octanol–water partition coefficient (Wildman–Crippen LogP) is 0.877. The summed E-state index contributed by atoms with van der Waals surface area (Å²) in [5.74, 6) is -0.328. The largest absolute Gasteiger partial charge is 0.457 e. The fraction of sp³-hybridized carbons (Fsp3) is 0.667. The lowest BCUT2D eigenvalue weighted by Gasteiger charge is -2.18. The summed E-state index contributed by atoms with van der Waals surface area (Å²) in [4.78, 5) is 11.2. The van der Waals surface area contributed by atoms with Crippen molar-refractivity contribution >= 4 is 5.97 Å². The van der Waals surface area contributed by atoms with E-state index in [1.165, 1.54) is 0 Å². The minimum atomic E-state index is -0.662. The van der Waals surface area contributed by atoms with E-state index in [1.807, 2.05) is 0 Å². The van der Waals surface area contributed by atoms with Crippen LogP contribution >= 0.6 is 0 Å². The summed E-state index contributed by atoms with van der Waals surface area (Å²) < 4.78 is 5.03. The molecule has 0 bridgehead atoms. The van der Waals surface area contributed by atoms with Crippen LogP contribution < -0.4 is 0 Å². The summed E-state index contributed by atoms with van der Waals surface area (Å²) >= 11 is 0. The highest BCUT2D eigenvalue weighted by molar-refractivity contribution is 5.75. The molecule has 1 saturated heterocycles. The van der Waals surface area contributed by atoms with Crippen LogP contribution in [0.3, 0.4) is 0 Å². The SMILES string of the molecule is C=CCC1CC(C)(CO)OC1=O. The first-order valence-corrected chi connectivity index (χ1v) is 4.06. The van der Waals surface area contributed by atoms with E-state index in [4.69, 9.17) is 9.84 Å². The molecule has 2 atom stereocenters. The Kier molecular flexibility index (Phi) is 2.52. The Labute approximate surface area is 72.0 Å². The van der Waals surface area contributed by atoms with Crippen LogP contribution in [0.4, 0.5) is 0 Å². The van der Waals surface area contributed by atoms with Crippen molar-refractivity contribution in [2.75, 3.05) is 6.61 Å². The Balaban J connectivity index is 2.61. The fourth-order valence-electron chi connectivity index (χ4n) is 1.45. The maximum absolute atomic E-state index is 11.2. The summed E-state index contributed by atoms with van der Waals surface area (Å²) in [7, 11) is 0. The first-order chi connectivity index (χ1) is 5.61. The van der Waals surface area contributed by atoms with E-state index in [-0.39, 0.29) is 18.5 Å². The van der Waals surface area contributed by atoms with E-state index >= 15 is 0 Å². The van der Waals surface area contributed by atoms with Gasteiger partial charge in [-0.3, -0.25) is 4.79 Å². The third-order valence-corrected chi connectivity index (χ3v) is 2.14. The van der Waals surface area contributed by atoms with Crippen molar-refractivity contribution in [3.05, 3.63) is 12.7 Å². The molecule has 1 N–H and O–H groups in total. The summed E-state index contributed by atoms with van der Waals surface area (Å²) in [6.07, 6.45) is 2.93. The van der Waals surface area contributed by atoms with E-state index < -0.39 is 5.60 Å². The molecular formula is C9H14O3. The number of ether oxygens (including phenoxy) is 1. The van der Waals surface area contributed by atoms with Gasteiger partial charge in [-0.05, 0) is 13.3 Å². The summed E-state index contributed by atoms with van der Waals surface area (Å²) in [6, 6.07) is 0. The van der Waals surface area contributed by atoms with Gasteiger partial charge in [0, 0.05) is 6.42 Å². The first kappa shape index (κ1) is 9.26. The van der Waals surface area contributed by atoms with E-state index in [0.717, 1.165) is 0 Å². The van der Waals surface area contributed by atoms with E-state index in [1.54, 1.807) is 13.0 Å². The number of allylic oxidation sites excluding steroid dienone is 1. The van der Waals surface area contributed by atoms with Crippen LogP contribution in [0, 0.1) is 5.92 Å². The number of aliphatic hydroxyl groups is 1. The second kappa shape index (κ2) is 3.27. The molecule has 1 aliphatic rings. The molecule has 0 amide bonds. The van der Waals surface area contributed by atoms with Crippen molar-refractivity contribution in [2.24, 2.45) is 5.92 Å². The third-order valence-electron chi connectivity index (χ3n) is 2.14. The number of aliphatic hydroxyl groups excluding tert-OH is 1. The predicted molar refractivity (Wildman–Crippen MR) is 44.5 cm³/mol. The van der Waals surface area contributed by atoms with Crippen molar-refractivity contribution < 1.29 is 14.6 Å². The zero-order valence-corrected chi connectivity index (χ0v) is 7.25. The molecule has 3 nitrogen and oxygen atoms in total. The van der Waals surface area contributed by atoms with Gasteiger partial charge in [-0.15, -0.1) is 6.58 Å². The molecule has 3 heteroatoms. The molecule has 0 spiro atoms. The van der Waals surface area contributed by atoms with Crippen LogP contribution in [0.25, 0.3) is 0 Å². The third kappa shape index (κ3) is 1.67. The van der Waals surface area contributed by atoms with Gasteiger partial charge in [0.2, 0.25) is 0 Å². The molecular weight excluding hydrogens is 156 g/mol. The van der Waals surface area contributed by atoms with Gasteiger partial charge < -0.3 is 9.84 Å². The topological polar surface area (TPSA) is 46.5 Å². The number of rotatable bonds is 3. The molecule has 1 rings (SSSR count). The molecule has 2 unspecified atom stereocenters. The molecule has 12 heavy (non-hydrogen) atoms. The summed E-state index contributed by atoms with van der Waals surface area (Å²) in [6.45, 7) is 5.20. The number of carbonyl (C=O) groups excluding carboxylic acids is 1. The number of carbonyl (C=O) groups is 1. The first-order valence-electron chi connectivity index (χ1n) is 4.06. The van der Waals surface area contributed by atoms with Gasteiger partial charge >= 0.3 is 5.97 Å². The molecule has 0 aromatic heterocycles. The van der Waals surface area contributed by atoms with Crippen LogP contribution in [-0.2, 0) is 9.53 Å². The van der Waals surface area contributed by atoms with E-state index in [9.17, 15) is 4.79 Å². The zero-order valence-electron chi connectivity index (χ0n) is 7.25. The van der Waals surface area contributed by atoms with Crippen molar-refractivity contribution in [1.82, 2.24) is 0 Å². The van der Waals surface area contributed by atoms with Crippen LogP contribution in [-0.4, -0.2) is 23.3 Å². The van der Waals surface area contributed by atoms with Gasteiger partial charge in [-0.2, -0.15) is 0 Å². The molecule has 0 aliphatic carbocycles. The average molecular weight is 170 g/mol. The van der Waals surface area contributed by atoms with Gasteiger partial charge in [0.1, 0.15) is 5.60 Å². The van der Waals surface area contributed by atoms with Gasteiger partial charge in [0.05, 0.1) is 12.5 Å². The maximum atomic E-state index is 11.2. The molecule has 0 aromatic rings. The van der Waals surface area contributed by atoms with Crippen molar-refractivity contribution in [2.45, 2.75) is 25.4 Å². The lowest BCUT2D eigenvalue weighted by Crippen LogP contribution is -2.28. The number of cyclic esters (lactones) is 1. The smallest absolute Gasteiger partial charge is 0.310 e. The normalized spacial score (nSPS) is 34.8. The second-order valence-corrected chi connectivity index (χ2v) is 3.45. The Bertz CT molecular complexity index is 200. The molecule has 1 heterocycles. The highest BCUT2D eigenvalue weighted by Gasteiger charge is 2.42. The quantitative estimate of drug-likeness (QED) is 0.505. The zero-order chi connectivity index (χ0) is 9.19. The van der Waals surface area contributed by atoms with Gasteiger partial charge in [-0.25, -0.2) is 0 Å². The van der Waals surface area contributed by atoms with Crippen molar-refractivity contribution in [1.29, 1.82) is 0 Å². The Morgan fingerprint density at radius 2 is 2.58 bits per heavy atom. The number of esters is 1. The van der Waals surface area contributed by atoms with Gasteiger partial charge in [0.15, 0.2) is 0 Å². The minimum absolute atomic E-state index is 0.105. The van der Waals surface area contributed by atoms with Crippen molar-refractivity contribution in [3.63, 3.8) is 0 Å².